The quantitative estimate of drug-likeness (QED) is 0.381. The van der Waals surface area contributed by atoms with E-state index in [0.29, 0.717) is 12.1 Å². The van der Waals surface area contributed by atoms with Crippen LogP contribution in [0.3, 0.4) is 0 Å². The highest BCUT2D eigenvalue weighted by molar-refractivity contribution is 14.0. The highest BCUT2D eigenvalue weighted by atomic mass is 127. The third kappa shape index (κ3) is 6.70. The van der Waals surface area contributed by atoms with Crippen LogP contribution in [-0.2, 0) is 19.5 Å². The molecular formula is C17H24IN7. The molecular weight excluding hydrogens is 429 g/mol. The van der Waals surface area contributed by atoms with E-state index in [1.54, 1.807) is 12.4 Å². The van der Waals surface area contributed by atoms with Crippen LogP contribution in [0, 0.1) is 11.3 Å². The lowest BCUT2D eigenvalue weighted by atomic mass is 10.1. The number of hydrogen-bond acceptors (Lipinski definition) is 4. The molecule has 7 nitrogen and oxygen atoms in total. The van der Waals surface area contributed by atoms with Gasteiger partial charge in [0.15, 0.2) is 5.96 Å². The van der Waals surface area contributed by atoms with Crippen LogP contribution in [0.25, 0.3) is 0 Å². The van der Waals surface area contributed by atoms with Gasteiger partial charge in [0.2, 0.25) is 0 Å². The molecule has 1 aromatic carbocycles. The second-order valence-electron chi connectivity index (χ2n) is 5.23. The van der Waals surface area contributed by atoms with Crippen molar-refractivity contribution in [1.82, 2.24) is 25.4 Å². The van der Waals surface area contributed by atoms with Gasteiger partial charge in [-0.25, -0.2) is 4.99 Å². The molecule has 2 rings (SSSR count). The maximum atomic E-state index is 8.95. The topological polar surface area (TPSA) is 90.9 Å². The normalized spacial score (nSPS) is 10.7. The number of benzene rings is 1. The molecule has 0 spiro atoms. The van der Waals surface area contributed by atoms with Gasteiger partial charge >= 0.3 is 0 Å². The van der Waals surface area contributed by atoms with Gasteiger partial charge < -0.3 is 15.2 Å². The van der Waals surface area contributed by atoms with Crippen molar-refractivity contribution in [3.05, 3.63) is 47.5 Å². The molecule has 0 unspecified atom stereocenters. The number of nitrogens with zero attached hydrogens (tertiary/aromatic N) is 5. The van der Waals surface area contributed by atoms with E-state index >= 15 is 0 Å². The predicted molar refractivity (Wildman–Crippen MR) is 109 cm³/mol. The Hall–Kier alpha value is -2.15. The molecule has 1 aromatic heterocycles. The first kappa shape index (κ1) is 20.9. The molecule has 0 fully saturated rings. The molecule has 2 aromatic rings. The van der Waals surface area contributed by atoms with Crippen molar-refractivity contribution in [2.24, 2.45) is 4.99 Å². The van der Waals surface area contributed by atoms with Crippen molar-refractivity contribution in [1.29, 1.82) is 5.26 Å². The fourth-order valence-electron chi connectivity index (χ4n) is 2.29. The highest BCUT2D eigenvalue weighted by Crippen LogP contribution is 2.05. The van der Waals surface area contributed by atoms with E-state index in [-0.39, 0.29) is 24.0 Å². The number of rotatable bonds is 7. The Morgan fingerprint density at radius 2 is 2.16 bits per heavy atom. The van der Waals surface area contributed by atoms with Gasteiger partial charge in [-0.15, -0.1) is 34.2 Å². The Bertz CT molecular complexity index is 718. The highest BCUT2D eigenvalue weighted by Gasteiger charge is 2.02. The van der Waals surface area contributed by atoms with Crippen LogP contribution >= 0.6 is 24.0 Å². The molecule has 0 amide bonds. The smallest absolute Gasteiger partial charge is 0.191 e. The molecule has 0 aliphatic heterocycles. The minimum absolute atomic E-state index is 0. The summed E-state index contributed by atoms with van der Waals surface area (Å²) in [6.45, 7) is 6.92. The van der Waals surface area contributed by atoms with Gasteiger partial charge in [-0.1, -0.05) is 19.1 Å². The lowest BCUT2D eigenvalue weighted by Crippen LogP contribution is -2.38. The molecule has 0 radical (unpaired) electrons. The van der Waals surface area contributed by atoms with Crippen LogP contribution in [0.5, 0.6) is 0 Å². The van der Waals surface area contributed by atoms with E-state index in [2.05, 4.69) is 38.8 Å². The first-order chi connectivity index (χ1) is 11.8. The number of nitrogens with one attached hydrogen (secondary N) is 2. The second-order valence-corrected chi connectivity index (χ2v) is 5.23. The molecule has 1 heterocycles. The monoisotopic (exact) mass is 453 g/mol. The van der Waals surface area contributed by atoms with Gasteiger partial charge in [0.25, 0.3) is 0 Å². The van der Waals surface area contributed by atoms with Crippen LogP contribution < -0.4 is 10.6 Å². The third-order valence-electron chi connectivity index (χ3n) is 3.48. The van der Waals surface area contributed by atoms with Crippen molar-refractivity contribution in [3.8, 4) is 6.07 Å². The lowest BCUT2D eigenvalue weighted by Gasteiger charge is -2.12. The van der Waals surface area contributed by atoms with Gasteiger partial charge in [0.1, 0.15) is 12.2 Å². The van der Waals surface area contributed by atoms with Crippen molar-refractivity contribution in [2.45, 2.75) is 33.4 Å². The summed E-state index contributed by atoms with van der Waals surface area (Å²) in [5, 5.41) is 23.5. The van der Waals surface area contributed by atoms with Gasteiger partial charge in [0, 0.05) is 26.1 Å². The Labute approximate surface area is 165 Å². The van der Waals surface area contributed by atoms with E-state index < -0.39 is 0 Å². The number of hydrogen-bond donors (Lipinski definition) is 2. The van der Waals surface area contributed by atoms with Crippen LogP contribution in [0.1, 0.15) is 30.8 Å². The fraction of sp³-hybridized carbons (Fsp3) is 0.412. The first-order valence-electron chi connectivity index (χ1n) is 8.14. The largest absolute Gasteiger partial charge is 0.357 e. The summed E-state index contributed by atoms with van der Waals surface area (Å²) >= 11 is 0. The minimum atomic E-state index is 0. The summed E-state index contributed by atoms with van der Waals surface area (Å²) in [5.41, 5.74) is 1.67. The fourth-order valence-corrected chi connectivity index (χ4v) is 2.29. The standard InChI is InChI=1S/C17H23N7.HI/c1-3-16-23-22-13-24(16)9-8-20-17(19-4-2)21-12-15-7-5-6-14(10-15)11-18;/h5-7,10,13H,3-4,8-9,12H2,1-2H3,(H2,19,20,21);1H. The summed E-state index contributed by atoms with van der Waals surface area (Å²) in [6.07, 6.45) is 2.61. The molecule has 0 saturated heterocycles. The SMILES string of the molecule is CCNC(=NCc1cccc(C#N)c1)NCCn1cnnc1CC.I. The first-order valence-corrected chi connectivity index (χ1v) is 8.14. The number of aromatic nitrogens is 3. The van der Waals surface area contributed by atoms with Crippen molar-refractivity contribution in [2.75, 3.05) is 13.1 Å². The summed E-state index contributed by atoms with van der Waals surface area (Å²) in [4.78, 5) is 4.57. The summed E-state index contributed by atoms with van der Waals surface area (Å²) in [5.74, 6) is 1.73. The average Bonchev–Trinajstić information content (AvgIpc) is 3.07. The number of aryl methyl sites for hydroxylation is 1. The van der Waals surface area contributed by atoms with Crippen LogP contribution in [0.4, 0.5) is 0 Å². The Morgan fingerprint density at radius 3 is 2.88 bits per heavy atom. The molecule has 0 saturated carbocycles. The van der Waals surface area contributed by atoms with Crippen LogP contribution in [-0.4, -0.2) is 33.8 Å². The Balaban J connectivity index is 0.00000312. The van der Waals surface area contributed by atoms with E-state index in [0.717, 1.165) is 43.4 Å². The maximum Gasteiger partial charge on any atom is 0.191 e. The van der Waals surface area contributed by atoms with Crippen LogP contribution in [0.15, 0.2) is 35.6 Å². The van der Waals surface area contributed by atoms with E-state index in [9.17, 15) is 0 Å². The molecule has 25 heavy (non-hydrogen) atoms. The molecule has 134 valence electrons. The van der Waals surface area contributed by atoms with Gasteiger partial charge in [-0.3, -0.25) is 0 Å². The average molecular weight is 453 g/mol. The third-order valence-corrected chi connectivity index (χ3v) is 3.48. The van der Waals surface area contributed by atoms with Gasteiger partial charge in [-0.05, 0) is 24.6 Å². The zero-order chi connectivity index (χ0) is 17.2. The van der Waals surface area contributed by atoms with E-state index in [1.807, 2.05) is 29.7 Å². The zero-order valence-corrected chi connectivity index (χ0v) is 16.9. The zero-order valence-electron chi connectivity index (χ0n) is 14.6. The Kier molecular flexibility index (Phi) is 9.54. The summed E-state index contributed by atoms with van der Waals surface area (Å²) < 4.78 is 2.03. The molecule has 0 aliphatic carbocycles. The minimum Gasteiger partial charge on any atom is -0.357 e. The molecule has 0 aliphatic rings. The van der Waals surface area contributed by atoms with Gasteiger partial charge in [0.05, 0.1) is 18.2 Å². The van der Waals surface area contributed by atoms with E-state index in [1.165, 1.54) is 0 Å². The number of aliphatic imine (C=N–C) groups is 1. The summed E-state index contributed by atoms with van der Waals surface area (Å²) in [6, 6.07) is 9.65. The molecule has 0 bridgehead atoms. The number of halogens is 1. The van der Waals surface area contributed by atoms with Crippen molar-refractivity contribution < 1.29 is 0 Å². The maximum absolute atomic E-state index is 8.95. The lowest BCUT2D eigenvalue weighted by molar-refractivity contribution is 0.632. The van der Waals surface area contributed by atoms with Crippen molar-refractivity contribution in [3.63, 3.8) is 0 Å². The number of nitriles is 1. The molecule has 2 N–H and O–H groups in total. The molecule has 0 atom stereocenters. The van der Waals surface area contributed by atoms with Crippen LogP contribution in [0.2, 0.25) is 0 Å². The van der Waals surface area contributed by atoms with E-state index in [4.69, 9.17) is 5.26 Å². The Morgan fingerprint density at radius 1 is 1.32 bits per heavy atom. The molecule has 8 heteroatoms. The predicted octanol–water partition coefficient (Wildman–Crippen LogP) is 2.09. The van der Waals surface area contributed by atoms with Gasteiger partial charge in [-0.2, -0.15) is 5.26 Å². The summed E-state index contributed by atoms with van der Waals surface area (Å²) in [7, 11) is 0. The second kappa shape index (κ2) is 11.4. The van der Waals surface area contributed by atoms with Crippen molar-refractivity contribution >= 4 is 29.9 Å². The number of guanidine groups is 1.